The number of pyridine rings is 1. The first-order valence-corrected chi connectivity index (χ1v) is 12.7. The lowest BCUT2D eigenvalue weighted by molar-refractivity contribution is -0.192. The highest BCUT2D eigenvalue weighted by molar-refractivity contribution is 5.98. The summed E-state index contributed by atoms with van der Waals surface area (Å²) in [5.74, 6) is -2.53. The molecular weight excluding hydrogens is 573 g/mol. The number of hydrogen-bond donors (Lipinski definition) is 5. The molecule has 0 saturated carbocycles. The largest absolute Gasteiger partial charge is 0.490 e. The standard InChI is InChI=1S/C26H28N6O4.C2HF3O2/c1-15(2)36-21-12-9-18-13-22(21)35-14-28-24(27)17-7-10-19(11-8-17)30-23(18)26(34)32-31-25(33)20-6-4-5-16(3)29-20;3-2(4,5)1(6)7/h4-13,15,23,30H,14H2,1-3H3,(H2,27,28)(H,31,33)(H,32,34);(H,6,7). The maximum atomic E-state index is 13.3. The van der Waals surface area contributed by atoms with Gasteiger partial charge < -0.3 is 25.6 Å². The van der Waals surface area contributed by atoms with Crippen LogP contribution in [-0.4, -0.2) is 52.7 Å². The molecular formula is C28H29F3N6O6. The molecule has 5 rings (SSSR count). The second-order valence-electron chi connectivity index (χ2n) is 9.25. The summed E-state index contributed by atoms with van der Waals surface area (Å²) >= 11 is 0. The number of nitrogens with two attached hydrogens (primary N) is 1. The minimum absolute atomic E-state index is 0.0324. The minimum Gasteiger partial charge on any atom is -0.487 e. The van der Waals surface area contributed by atoms with Gasteiger partial charge in [-0.15, -0.1) is 0 Å². The Morgan fingerprint density at radius 1 is 1.09 bits per heavy atom. The van der Waals surface area contributed by atoms with Crippen LogP contribution < -0.4 is 31.4 Å². The van der Waals surface area contributed by atoms with Gasteiger partial charge in [-0.1, -0.05) is 12.1 Å². The third kappa shape index (κ3) is 9.34. The molecule has 6 N–H and O–H groups in total. The zero-order chi connectivity index (χ0) is 31.7. The van der Waals surface area contributed by atoms with E-state index >= 15 is 0 Å². The number of aliphatic carboxylic acids is 1. The van der Waals surface area contributed by atoms with Crippen LogP contribution in [0.25, 0.3) is 0 Å². The lowest BCUT2D eigenvalue weighted by atomic mass is 10.0. The third-order valence-electron chi connectivity index (χ3n) is 5.54. The molecule has 2 aliphatic heterocycles. The Bertz CT molecular complexity index is 1500. The van der Waals surface area contributed by atoms with Crippen molar-refractivity contribution in [3.05, 3.63) is 83.2 Å². The predicted molar refractivity (Wildman–Crippen MR) is 150 cm³/mol. The van der Waals surface area contributed by atoms with Crippen LogP contribution in [0.15, 0.2) is 65.7 Å². The number of aromatic nitrogens is 1. The molecule has 0 aliphatic carbocycles. The van der Waals surface area contributed by atoms with Crippen molar-refractivity contribution < 1.29 is 42.1 Å². The fraction of sp³-hybridized carbons (Fsp3) is 0.250. The van der Waals surface area contributed by atoms with E-state index in [1.54, 1.807) is 67.6 Å². The normalized spacial score (nSPS) is 15.4. The molecule has 3 aromatic rings. The van der Waals surface area contributed by atoms with E-state index in [2.05, 4.69) is 26.1 Å². The summed E-state index contributed by atoms with van der Waals surface area (Å²) in [4.78, 5) is 43.2. The lowest BCUT2D eigenvalue weighted by Gasteiger charge is -2.22. The number of ether oxygens (including phenoxy) is 2. The molecule has 3 heterocycles. The number of nitrogens with one attached hydrogen (secondary N) is 3. The zero-order valence-corrected chi connectivity index (χ0v) is 23.2. The number of fused-ring (bicyclic) bond motifs is 5. The van der Waals surface area contributed by atoms with Crippen LogP contribution >= 0.6 is 0 Å². The van der Waals surface area contributed by atoms with Crippen LogP contribution in [0, 0.1) is 6.92 Å². The van der Waals surface area contributed by atoms with Crippen molar-refractivity contribution in [1.29, 1.82) is 0 Å². The number of carbonyl (C=O) groups is 3. The fourth-order valence-electron chi connectivity index (χ4n) is 3.56. The Kier molecular flexibility index (Phi) is 10.5. The lowest BCUT2D eigenvalue weighted by Crippen LogP contribution is -2.45. The van der Waals surface area contributed by atoms with E-state index in [1.165, 1.54) is 0 Å². The van der Waals surface area contributed by atoms with Gasteiger partial charge in [-0.25, -0.2) is 14.8 Å². The van der Waals surface area contributed by atoms with Gasteiger partial charge in [0.2, 0.25) is 0 Å². The van der Waals surface area contributed by atoms with Gasteiger partial charge in [0.05, 0.1) is 6.10 Å². The Morgan fingerprint density at radius 2 is 1.77 bits per heavy atom. The number of anilines is 1. The van der Waals surface area contributed by atoms with E-state index in [1.807, 2.05) is 13.8 Å². The smallest absolute Gasteiger partial charge is 0.487 e. The van der Waals surface area contributed by atoms with Gasteiger partial charge in [-0.3, -0.25) is 20.4 Å². The number of hydrazine groups is 1. The average molecular weight is 603 g/mol. The number of carbonyl (C=O) groups excluding carboxylic acids is 2. The average Bonchev–Trinajstić information content (AvgIpc) is 2.96. The predicted octanol–water partition coefficient (Wildman–Crippen LogP) is 3.48. The van der Waals surface area contributed by atoms with Crippen molar-refractivity contribution in [2.75, 3.05) is 12.0 Å². The summed E-state index contributed by atoms with van der Waals surface area (Å²) < 4.78 is 43.5. The van der Waals surface area contributed by atoms with Gasteiger partial charge in [-0.2, -0.15) is 13.2 Å². The molecule has 1 aromatic heterocycles. The van der Waals surface area contributed by atoms with Crippen LogP contribution in [0.5, 0.6) is 11.5 Å². The van der Waals surface area contributed by atoms with Crippen LogP contribution in [0.2, 0.25) is 0 Å². The van der Waals surface area contributed by atoms with Crippen LogP contribution in [0.1, 0.15) is 47.2 Å². The SMILES string of the molecule is Cc1cccc(C(=O)NNC(=O)C2Nc3ccc(cc3)/C(N)=N\COc3cc2ccc3OC(C)C)n1.O=C(O)C(F)(F)F. The molecule has 0 radical (unpaired) electrons. The van der Waals surface area contributed by atoms with Crippen molar-refractivity contribution in [2.24, 2.45) is 10.7 Å². The van der Waals surface area contributed by atoms with E-state index in [4.69, 9.17) is 25.1 Å². The van der Waals surface area contributed by atoms with Gasteiger partial charge in [0.25, 0.3) is 11.8 Å². The molecule has 4 bridgehead atoms. The summed E-state index contributed by atoms with van der Waals surface area (Å²) in [7, 11) is 0. The zero-order valence-electron chi connectivity index (χ0n) is 23.2. The molecule has 0 saturated heterocycles. The molecule has 0 spiro atoms. The van der Waals surface area contributed by atoms with E-state index in [0.717, 1.165) is 0 Å². The molecule has 43 heavy (non-hydrogen) atoms. The molecule has 1 atom stereocenters. The molecule has 1 unspecified atom stereocenters. The topological polar surface area (TPSA) is 177 Å². The second kappa shape index (κ2) is 14.0. The Morgan fingerprint density at radius 3 is 2.37 bits per heavy atom. The maximum Gasteiger partial charge on any atom is 0.490 e. The number of benzene rings is 2. The minimum atomic E-state index is -5.08. The number of aryl methyl sites for hydroxylation is 1. The van der Waals surface area contributed by atoms with Crippen molar-refractivity contribution in [2.45, 2.75) is 39.1 Å². The van der Waals surface area contributed by atoms with Crippen molar-refractivity contribution in [3.63, 3.8) is 0 Å². The van der Waals surface area contributed by atoms with E-state index in [9.17, 15) is 22.8 Å². The second-order valence-corrected chi connectivity index (χ2v) is 9.25. The number of carboxylic acids is 1. The first-order valence-electron chi connectivity index (χ1n) is 12.7. The van der Waals surface area contributed by atoms with E-state index < -0.39 is 30.0 Å². The number of aliphatic imine (C=N–C) groups is 1. The number of hydrogen-bond acceptors (Lipinski definition) is 9. The summed E-state index contributed by atoms with van der Waals surface area (Å²) in [6, 6.07) is 16.6. The van der Waals surface area contributed by atoms with Crippen LogP contribution in [0.4, 0.5) is 18.9 Å². The number of alkyl halides is 3. The summed E-state index contributed by atoms with van der Waals surface area (Å²) in [6.45, 7) is 5.56. The monoisotopic (exact) mass is 602 g/mol. The van der Waals surface area contributed by atoms with Gasteiger partial charge in [0.1, 0.15) is 17.6 Å². The fourth-order valence-corrected chi connectivity index (χ4v) is 3.56. The number of amidine groups is 1. The van der Waals surface area contributed by atoms with Gasteiger partial charge in [0.15, 0.2) is 18.2 Å². The Hall–Kier alpha value is -5.34. The Balaban J connectivity index is 0.000000646. The first kappa shape index (κ1) is 32.2. The maximum absolute atomic E-state index is 13.3. The number of carboxylic acid groups (broad SMARTS) is 1. The molecule has 228 valence electrons. The van der Waals surface area contributed by atoms with E-state index in [0.29, 0.717) is 39.8 Å². The van der Waals surface area contributed by atoms with E-state index in [-0.39, 0.29) is 18.5 Å². The number of rotatable bonds is 4. The van der Waals surface area contributed by atoms with Crippen LogP contribution in [0.3, 0.4) is 0 Å². The van der Waals surface area contributed by atoms with Gasteiger partial charge in [0, 0.05) is 16.9 Å². The van der Waals surface area contributed by atoms with Crippen molar-refractivity contribution >= 4 is 29.3 Å². The first-order chi connectivity index (χ1) is 20.2. The van der Waals surface area contributed by atoms with Gasteiger partial charge >= 0.3 is 12.1 Å². The number of amides is 2. The summed E-state index contributed by atoms with van der Waals surface area (Å²) in [5, 5.41) is 10.3. The molecule has 2 amide bonds. The molecule has 0 fully saturated rings. The van der Waals surface area contributed by atoms with Gasteiger partial charge in [-0.05, 0) is 74.9 Å². The van der Waals surface area contributed by atoms with Crippen molar-refractivity contribution in [1.82, 2.24) is 15.8 Å². The Labute approximate surface area is 244 Å². The highest BCUT2D eigenvalue weighted by Gasteiger charge is 2.38. The van der Waals surface area contributed by atoms with Crippen LogP contribution in [-0.2, 0) is 9.59 Å². The highest BCUT2D eigenvalue weighted by Crippen LogP contribution is 2.33. The third-order valence-corrected chi connectivity index (χ3v) is 5.54. The molecule has 2 aliphatic rings. The number of nitrogens with zero attached hydrogens (tertiary/aromatic N) is 2. The quantitative estimate of drug-likeness (QED) is 0.280. The molecule has 12 nitrogen and oxygen atoms in total. The van der Waals surface area contributed by atoms with Crippen molar-refractivity contribution in [3.8, 4) is 11.5 Å². The number of halogens is 3. The summed E-state index contributed by atoms with van der Waals surface area (Å²) in [6.07, 6.45) is -5.17. The molecule has 2 aromatic carbocycles. The molecule has 15 heteroatoms. The summed E-state index contributed by atoms with van der Waals surface area (Å²) in [5.41, 5.74) is 13.9. The highest BCUT2D eigenvalue weighted by atomic mass is 19.4.